The second kappa shape index (κ2) is 8.09. The van der Waals surface area contributed by atoms with Crippen molar-refractivity contribution >= 4 is 34.8 Å². The molecule has 0 atom stereocenters. The lowest BCUT2D eigenvalue weighted by molar-refractivity contribution is -0.137. The number of ether oxygens (including phenoxy) is 1. The van der Waals surface area contributed by atoms with Gasteiger partial charge in [0.25, 0.3) is 0 Å². The van der Waals surface area contributed by atoms with E-state index in [9.17, 15) is 22.8 Å². The third kappa shape index (κ3) is 5.38. The zero-order valence-corrected chi connectivity index (χ0v) is 14.2. The van der Waals surface area contributed by atoms with E-state index < -0.39 is 35.7 Å². The third-order valence-corrected chi connectivity index (χ3v) is 3.49. The quantitative estimate of drug-likeness (QED) is 0.751. The predicted octanol–water partition coefficient (Wildman–Crippen LogP) is 4.33. The van der Waals surface area contributed by atoms with Gasteiger partial charge in [0.2, 0.25) is 11.8 Å². The van der Waals surface area contributed by atoms with Gasteiger partial charge in [0.15, 0.2) is 0 Å². The highest BCUT2D eigenvalue weighted by Gasteiger charge is 2.34. The number of nitrogens with one attached hydrogen (secondary N) is 2. The minimum absolute atomic E-state index is 0.118. The van der Waals surface area contributed by atoms with Gasteiger partial charge in [-0.25, -0.2) is 0 Å². The molecule has 0 radical (unpaired) electrons. The molecule has 0 heterocycles. The minimum Gasteiger partial charge on any atom is -0.497 e. The average Bonchev–Trinajstić information content (AvgIpc) is 2.56. The maximum Gasteiger partial charge on any atom is 0.418 e. The highest BCUT2D eigenvalue weighted by Crippen LogP contribution is 2.36. The van der Waals surface area contributed by atoms with E-state index in [-0.39, 0.29) is 5.02 Å². The number of halogens is 4. The van der Waals surface area contributed by atoms with Gasteiger partial charge in [-0.2, -0.15) is 13.2 Å². The van der Waals surface area contributed by atoms with E-state index in [4.69, 9.17) is 16.3 Å². The summed E-state index contributed by atoms with van der Waals surface area (Å²) in [6, 6.07) is 9.30. The first-order chi connectivity index (χ1) is 12.2. The van der Waals surface area contributed by atoms with E-state index in [0.29, 0.717) is 17.5 Å². The van der Waals surface area contributed by atoms with Crippen molar-refractivity contribution in [3.63, 3.8) is 0 Å². The number of rotatable bonds is 5. The number of carbonyl (C=O) groups excluding carboxylic acids is 2. The highest BCUT2D eigenvalue weighted by molar-refractivity contribution is 6.30. The van der Waals surface area contributed by atoms with Gasteiger partial charge < -0.3 is 15.4 Å². The maximum atomic E-state index is 13.0. The van der Waals surface area contributed by atoms with Crippen molar-refractivity contribution < 1.29 is 27.5 Å². The Morgan fingerprint density at radius 1 is 1.04 bits per heavy atom. The van der Waals surface area contributed by atoms with Crippen LogP contribution in [-0.4, -0.2) is 18.9 Å². The average molecular weight is 387 g/mol. The molecule has 9 heteroatoms. The second-order valence-corrected chi connectivity index (χ2v) is 5.63. The molecule has 138 valence electrons. The minimum atomic E-state index is -4.70. The Hall–Kier alpha value is -2.74. The summed E-state index contributed by atoms with van der Waals surface area (Å²) in [5.74, 6) is -0.970. The van der Waals surface area contributed by atoms with Crippen molar-refractivity contribution in [3.05, 3.63) is 53.1 Å². The monoisotopic (exact) mass is 386 g/mol. The fourth-order valence-electron chi connectivity index (χ4n) is 2.08. The summed E-state index contributed by atoms with van der Waals surface area (Å²) in [4.78, 5) is 23.7. The standard InChI is InChI=1S/C17H14ClF3N2O3/c1-26-12-5-3-11(4-6-12)22-15(24)9-16(25)23-14-7-2-10(18)8-13(14)17(19,20)21/h2-8H,9H2,1H3,(H,22,24)(H,23,25). The number of anilines is 2. The van der Waals surface area contributed by atoms with Gasteiger partial charge in [0.1, 0.15) is 12.2 Å². The van der Waals surface area contributed by atoms with Gasteiger partial charge in [-0.15, -0.1) is 0 Å². The molecule has 0 spiro atoms. The Morgan fingerprint density at radius 3 is 2.23 bits per heavy atom. The van der Waals surface area contributed by atoms with E-state index in [1.54, 1.807) is 24.3 Å². The normalized spacial score (nSPS) is 11.0. The van der Waals surface area contributed by atoms with Gasteiger partial charge in [0.05, 0.1) is 18.4 Å². The van der Waals surface area contributed by atoms with Gasteiger partial charge >= 0.3 is 6.18 Å². The molecule has 2 aromatic rings. The first kappa shape index (κ1) is 19.6. The third-order valence-electron chi connectivity index (χ3n) is 3.26. The molecule has 26 heavy (non-hydrogen) atoms. The number of carbonyl (C=O) groups is 2. The van der Waals surface area contributed by atoms with E-state index in [2.05, 4.69) is 10.6 Å². The van der Waals surface area contributed by atoms with Gasteiger partial charge in [-0.3, -0.25) is 9.59 Å². The molecule has 0 aliphatic heterocycles. The molecule has 2 N–H and O–H groups in total. The zero-order chi connectivity index (χ0) is 19.3. The Balaban J connectivity index is 2.01. The topological polar surface area (TPSA) is 67.4 Å². The summed E-state index contributed by atoms with van der Waals surface area (Å²) in [7, 11) is 1.49. The molecule has 0 aromatic heterocycles. The van der Waals surface area contributed by atoms with Gasteiger partial charge in [-0.05, 0) is 42.5 Å². The number of hydrogen-bond acceptors (Lipinski definition) is 3. The molecule has 2 aromatic carbocycles. The van der Waals surface area contributed by atoms with Crippen LogP contribution in [0.25, 0.3) is 0 Å². The van der Waals surface area contributed by atoms with Crippen LogP contribution in [0.15, 0.2) is 42.5 Å². The first-order valence-electron chi connectivity index (χ1n) is 7.29. The Morgan fingerprint density at radius 2 is 1.65 bits per heavy atom. The summed E-state index contributed by atoms with van der Waals surface area (Å²) >= 11 is 5.57. The summed E-state index contributed by atoms with van der Waals surface area (Å²) in [6.45, 7) is 0. The number of amides is 2. The molecular weight excluding hydrogens is 373 g/mol. The molecule has 0 saturated heterocycles. The number of hydrogen-bond donors (Lipinski definition) is 2. The second-order valence-electron chi connectivity index (χ2n) is 5.19. The van der Waals surface area contributed by atoms with Crippen molar-refractivity contribution in [2.75, 3.05) is 17.7 Å². The summed E-state index contributed by atoms with van der Waals surface area (Å²) in [5.41, 5.74) is -1.14. The van der Waals surface area contributed by atoms with E-state index in [1.165, 1.54) is 13.2 Å². The largest absolute Gasteiger partial charge is 0.497 e. The van der Waals surface area contributed by atoms with Gasteiger partial charge in [0, 0.05) is 10.7 Å². The summed E-state index contributed by atoms with van der Waals surface area (Å²) in [5, 5.41) is 4.43. The van der Waals surface area contributed by atoms with Gasteiger partial charge in [-0.1, -0.05) is 11.6 Å². The summed E-state index contributed by atoms with van der Waals surface area (Å²) in [6.07, 6.45) is -5.34. The Bertz CT molecular complexity index is 808. The van der Waals surface area contributed by atoms with Crippen molar-refractivity contribution in [1.82, 2.24) is 0 Å². The van der Waals surface area contributed by atoms with Crippen LogP contribution in [-0.2, 0) is 15.8 Å². The van der Waals surface area contributed by atoms with Crippen LogP contribution in [0.1, 0.15) is 12.0 Å². The highest BCUT2D eigenvalue weighted by atomic mass is 35.5. The zero-order valence-electron chi connectivity index (χ0n) is 13.5. The molecule has 0 aliphatic rings. The SMILES string of the molecule is COc1ccc(NC(=O)CC(=O)Nc2ccc(Cl)cc2C(F)(F)F)cc1. The van der Waals surface area contributed by atoms with Crippen molar-refractivity contribution in [3.8, 4) is 5.75 Å². The summed E-state index contributed by atoms with van der Waals surface area (Å²) < 4.78 is 43.9. The molecule has 0 saturated carbocycles. The molecule has 2 amide bonds. The maximum absolute atomic E-state index is 13.0. The molecular formula is C17H14ClF3N2O3. The van der Waals surface area contributed by atoms with Crippen LogP contribution in [0.5, 0.6) is 5.75 Å². The lowest BCUT2D eigenvalue weighted by Crippen LogP contribution is -2.22. The number of methoxy groups -OCH3 is 1. The fourth-order valence-corrected chi connectivity index (χ4v) is 2.25. The molecule has 0 fully saturated rings. The van der Waals surface area contributed by atoms with E-state index >= 15 is 0 Å². The lowest BCUT2D eigenvalue weighted by Gasteiger charge is -2.14. The van der Waals surface area contributed by atoms with Crippen molar-refractivity contribution in [1.29, 1.82) is 0 Å². The number of benzene rings is 2. The molecule has 5 nitrogen and oxygen atoms in total. The lowest BCUT2D eigenvalue weighted by atomic mass is 10.1. The fraction of sp³-hybridized carbons (Fsp3) is 0.176. The molecule has 0 aliphatic carbocycles. The van der Waals surface area contributed by atoms with E-state index in [1.807, 2.05) is 0 Å². The smallest absolute Gasteiger partial charge is 0.418 e. The van der Waals surface area contributed by atoms with Crippen LogP contribution in [0.3, 0.4) is 0 Å². The van der Waals surface area contributed by atoms with E-state index in [0.717, 1.165) is 6.07 Å². The van der Waals surface area contributed by atoms with Crippen molar-refractivity contribution in [2.24, 2.45) is 0 Å². The Kier molecular flexibility index (Phi) is 6.10. The first-order valence-corrected chi connectivity index (χ1v) is 7.67. The van der Waals surface area contributed by atoms with Crippen LogP contribution in [0.4, 0.5) is 24.5 Å². The van der Waals surface area contributed by atoms with Crippen molar-refractivity contribution in [2.45, 2.75) is 12.6 Å². The molecule has 0 bridgehead atoms. The van der Waals surface area contributed by atoms with Crippen LogP contribution >= 0.6 is 11.6 Å². The molecule has 2 rings (SSSR count). The van der Waals surface area contributed by atoms with Crippen LogP contribution in [0.2, 0.25) is 5.02 Å². The number of alkyl halides is 3. The van der Waals surface area contributed by atoms with Crippen LogP contribution in [0, 0.1) is 0 Å². The Labute approximate surface area is 152 Å². The predicted molar refractivity (Wildman–Crippen MR) is 91.3 cm³/mol. The molecule has 0 unspecified atom stereocenters. The van der Waals surface area contributed by atoms with Crippen LogP contribution < -0.4 is 15.4 Å².